The molecule has 0 aromatic carbocycles. The molecule has 6 heteroatoms. The second-order valence-corrected chi connectivity index (χ2v) is 4.99. The van der Waals surface area contributed by atoms with Crippen molar-refractivity contribution >= 4 is 11.7 Å². The van der Waals surface area contributed by atoms with Crippen LogP contribution < -0.4 is 4.90 Å². The number of hydrogen-bond acceptors (Lipinski definition) is 4. The highest BCUT2D eigenvalue weighted by molar-refractivity contribution is 5.94. The first-order chi connectivity index (χ1) is 10.2. The summed E-state index contributed by atoms with van der Waals surface area (Å²) in [6.45, 7) is 1.60. The monoisotopic (exact) mass is 286 g/mol. The molecule has 0 bridgehead atoms. The van der Waals surface area contributed by atoms with E-state index in [9.17, 15) is 9.18 Å². The van der Waals surface area contributed by atoms with E-state index < -0.39 is 5.82 Å². The van der Waals surface area contributed by atoms with Crippen LogP contribution in [0.2, 0.25) is 0 Å². The lowest BCUT2D eigenvalue weighted by atomic mass is 10.2. The quantitative estimate of drug-likeness (QED) is 0.801. The van der Waals surface area contributed by atoms with E-state index in [1.54, 1.807) is 11.1 Å². The van der Waals surface area contributed by atoms with Crippen LogP contribution >= 0.6 is 0 Å². The molecule has 1 aliphatic heterocycles. The first-order valence-corrected chi connectivity index (χ1v) is 6.70. The summed E-state index contributed by atoms with van der Waals surface area (Å²) in [6, 6.07) is 5.19. The number of amides is 1. The Kier molecular flexibility index (Phi) is 3.51. The van der Waals surface area contributed by atoms with Crippen molar-refractivity contribution < 1.29 is 9.18 Å². The summed E-state index contributed by atoms with van der Waals surface area (Å²) in [7, 11) is 1.94. The minimum Gasteiger partial charge on any atom is -0.358 e. The van der Waals surface area contributed by atoms with Crippen LogP contribution in [-0.2, 0) is 6.54 Å². The van der Waals surface area contributed by atoms with E-state index in [0.29, 0.717) is 19.6 Å². The van der Waals surface area contributed by atoms with Crippen LogP contribution in [0.5, 0.6) is 0 Å². The van der Waals surface area contributed by atoms with E-state index in [1.165, 1.54) is 12.3 Å². The predicted octanol–water partition coefficient (Wildman–Crippen LogP) is 1.71. The highest BCUT2D eigenvalue weighted by Crippen LogP contribution is 2.22. The fourth-order valence-electron chi connectivity index (χ4n) is 2.45. The normalized spacial score (nSPS) is 14.6. The van der Waals surface area contributed by atoms with Crippen molar-refractivity contribution in [2.24, 2.45) is 0 Å². The summed E-state index contributed by atoms with van der Waals surface area (Å²) in [6.07, 6.45) is 4.22. The second-order valence-electron chi connectivity index (χ2n) is 4.99. The fraction of sp³-hybridized carbons (Fsp3) is 0.267. The van der Waals surface area contributed by atoms with Crippen molar-refractivity contribution in [2.45, 2.75) is 6.54 Å². The van der Waals surface area contributed by atoms with Crippen LogP contribution in [0.1, 0.15) is 15.9 Å². The lowest BCUT2D eigenvalue weighted by Gasteiger charge is -2.21. The number of carbonyl (C=O) groups excluding carboxylic acids is 1. The van der Waals surface area contributed by atoms with Crippen molar-refractivity contribution in [3.8, 4) is 0 Å². The molecule has 0 N–H and O–H groups in total. The van der Waals surface area contributed by atoms with Crippen molar-refractivity contribution in [1.82, 2.24) is 14.9 Å². The topological polar surface area (TPSA) is 49.3 Å². The van der Waals surface area contributed by atoms with E-state index in [1.807, 2.05) is 24.1 Å². The Morgan fingerprint density at radius 1 is 1.29 bits per heavy atom. The molecule has 21 heavy (non-hydrogen) atoms. The van der Waals surface area contributed by atoms with Crippen LogP contribution in [-0.4, -0.2) is 40.9 Å². The average Bonchev–Trinajstić information content (AvgIpc) is 2.67. The van der Waals surface area contributed by atoms with Gasteiger partial charge in [-0.15, -0.1) is 0 Å². The van der Waals surface area contributed by atoms with Crippen molar-refractivity contribution in [3.05, 3.63) is 53.7 Å². The number of fused-ring (bicyclic) bond motifs is 1. The van der Waals surface area contributed by atoms with E-state index in [4.69, 9.17) is 0 Å². The molecule has 1 amide bonds. The summed E-state index contributed by atoms with van der Waals surface area (Å²) >= 11 is 0. The van der Waals surface area contributed by atoms with Gasteiger partial charge in [-0.05, 0) is 12.1 Å². The molecule has 0 aliphatic carbocycles. The number of likely N-dealkylation sites (N-methyl/N-ethyl adjacent to an activating group) is 1. The average molecular weight is 286 g/mol. The molecule has 108 valence electrons. The fourth-order valence-corrected chi connectivity index (χ4v) is 2.45. The zero-order valence-corrected chi connectivity index (χ0v) is 11.7. The number of carbonyl (C=O) groups is 1. The highest BCUT2D eigenvalue weighted by atomic mass is 19.1. The smallest absolute Gasteiger partial charge is 0.257 e. The van der Waals surface area contributed by atoms with Gasteiger partial charge in [0.15, 0.2) is 5.82 Å². The van der Waals surface area contributed by atoms with Crippen LogP contribution in [0, 0.1) is 5.82 Å². The van der Waals surface area contributed by atoms with Crippen molar-refractivity contribution in [3.63, 3.8) is 0 Å². The summed E-state index contributed by atoms with van der Waals surface area (Å²) in [5.74, 6) is -0.0467. The maximum Gasteiger partial charge on any atom is 0.257 e. The third kappa shape index (κ3) is 2.56. The Morgan fingerprint density at radius 2 is 2.14 bits per heavy atom. The minimum atomic E-state index is -0.591. The molecule has 0 unspecified atom stereocenters. The van der Waals surface area contributed by atoms with Gasteiger partial charge in [0.1, 0.15) is 5.82 Å². The van der Waals surface area contributed by atoms with Gasteiger partial charge >= 0.3 is 0 Å². The van der Waals surface area contributed by atoms with E-state index in [-0.39, 0.29) is 11.5 Å². The molecular weight excluding hydrogens is 271 g/mol. The van der Waals surface area contributed by atoms with E-state index >= 15 is 0 Å². The lowest BCUT2D eigenvalue weighted by molar-refractivity contribution is 0.0747. The van der Waals surface area contributed by atoms with Gasteiger partial charge in [0.05, 0.1) is 11.8 Å². The molecule has 0 atom stereocenters. The summed E-state index contributed by atoms with van der Waals surface area (Å²) < 4.78 is 13.7. The summed E-state index contributed by atoms with van der Waals surface area (Å²) in [5.41, 5.74) is 1.01. The minimum absolute atomic E-state index is 0.0555. The maximum absolute atomic E-state index is 13.7. The molecule has 0 radical (unpaired) electrons. The Labute approximate surface area is 122 Å². The first kappa shape index (κ1) is 13.5. The lowest BCUT2D eigenvalue weighted by Crippen LogP contribution is -2.34. The molecule has 0 saturated heterocycles. The van der Waals surface area contributed by atoms with Crippen LogP contribution in [0.25, 0.3) is 0 Å². The van der Waals surface area contributed by atoms with Crippen LogP contribution in [0.15, 0.2) is 36.8 Å². The Hall–Kier alpha value is -2.50. The van der Waals surface area contributed by atoms with Crippen LogP contribution in [0.4, 0.5) is 10.2 Å². The zero-order chi connectivity index (χ0) is 14.8. The molecular formula is C15H15FN4O. The second kappa shape index (κ2) is 5.47. The molecule has 3 rings (SSSR count). The van der Waals surface area contributed by atoms with E-state index in [0.717, 1.165) is 17.6 Å². The van der Waals surface area contributed by atoms with Gasteiger partial charge < -0.3 is 9.80 Å². The number of aromatic nitrogens is 2. The van der Waals surface area contributed by atoms with Gasteiger partial charge in [-0.1, -0.05) is 6.07 Å². The van der Waals surface area contributed by atoms with Crippen molar-refractivity contribution in [2.75, 3.05) is 25.0 Å². The molecule has 1 aliphatic rings. The van der Waals surface area contributed by atoms with Gasteiger partial charge in [-0.2, -0.15) is 0 Å². The molecule has 2 aromatic heterocycles. The van der Waals surface area contributed by atoms with Gasteiger partial charge in [0.25, 0.3) is 5.91 Å². The Morgan fingerprint density at radius 3 is 2.95 bits per heavy atom. The van der Waals surface area contributed by atoms with Crippen molar-refractivity contribution in [1.29, 1.82) is 0 Å². The third-order valence-corrected chi connectivity index (χ3v) is 3.59. The highest BCUT2D eigenvalue weighted by Gasteiger charge is 2.24. The molecule has 5 nitrogen and oxygen atoms in total. The number of halogens is 1. The SMILES string of the molecule is CN1CCN(C(=O)c2ccncc2F)Cc2cccnc21. The van der Waals surface area contributed by atoms with Gasteiger partial charge in [-0.3, -0.25) is 9.78 Å². The first-order valence-electron chi connectivity index (χ1n) is 6.70. The Balaban J connectivity index is 1.91. The molecule has 3 heterocycles. The van der Waals surface area contributed by atoms with Gasteiger partial charge in [0.2, 0.25) is 0 Å². The number of nitrogens with zero attached hydrogens (tertiary/aromatic N) is 4. The maximum atomic E-state index is 13.7. The van der Waals surface area contributed by atoms with E-state index in [2.05, 4.69) is 9.97 Å². The molecule has 0 fully saturated rings. The summed E-state index contributed by atoms with van der Waals surface area (Å²) in [4.78, 5) is 24.2. The molecule has 2 aromatic rings. The number of rotatable bonds is 1. The largest absolute Gasteiger partial charge is 0.358 e. The van der Waals surface area contributed by atoms with Gasteiger partial charge in [0, 0.05) is 44.6 Å². The summed E-state index contributed by atoms with van der Waals surface area (Å²) in [5, 5.41) is 0. The van der Waals surface area contributed by atoms with Gasteiger partial charge in [-0.25, -0.2) is 9.37 Å². The molecule has 0 saturated carbocycles. The number of anilines is 1. The molecule has 0 spiro atoms. The number of pyridine rings is 2. The predicted molar refractivity (Wildman–Crippen MR) is 76.4 cm³/mol. The third-order valence-electron chi connectivity index (χ3n) is 3.59. The zero-order valence-electron chi connectivity index (χ0n) is 11.7. The number of hydrogen-bond donors (Lipinski definition) is 0. The van der Waals surface area contributed by atoms with Crippen LogP contribution in [0.3, 0.4) is 0 Å². The Bertz CT molecular complexity index is 676. The standard InChI is InChI=1S/C15H15FN4O/c1-19-7-8-20(10-11-3-2-5-18-14(11)19)15(21)12-4-6-17-9-13(12)16/h2-6,9H,7-8,10H2,1H3.